The molecule has 0 aliphatic rings. The number of benzene rings is 1. The fourth-order valence-corrected chi connectivity index (χ4v) is 3.02. The van der Waals surface area contributed by atoms with Gasteiger partial charge in [0.25, 0.3) is 0 Å². The number of aromatic nitrogens is 1. The Morgan fingerprint density at radius 3 is 2.56 bits per heavy atom. The number of hydrogen-bond donors (Lipinski definition) is 1. The van der Waals surface area contributed by atoms with Crippen molar-refractivity contribution in [1.82, 2.24) is 4.98 Å². The molecule has 1 aromatic carbocycles. The topological polar surface area (TPSA) is 74.4 Å². The molecule has 5 nitrogen and oxygen atoms in total. The second kappa shape index (κ2) is 8.01. The number of rotatable bonds is 6. The standard InChI is InChI=1S/C20H26N2O3/c1-6-8-14-11-15(18(21)19(22-14)20(23)25-7-2)17-12(3)9-10-16(24-5)13(17)4/h9-11H,6-8,21H2,1-5H3. The fraction of sp³-hybridized carbons (Fsp3) is 0.400. The van der Waals surface area contributed by atoms with E-state index in [9.17, 15) is 4.79 Å². The van der Waals surface area contributed by atoms with Crippen molar-refractivity contribution in [2.75, 3.05) is 19.5 Å². The zero-order valence-electron chi connectivity index (χ0n) is 15.6. The van der Waals surface area contributed by atoms with E-state index < -0.39 is 5.97 Å². The molecule has 0 unspecified atom stereocenters. The monoisotopic (exact) mass is 342 g/mol. The molecule has 0 spiro atoms. The van der Waals surface area contributed by atoms with E-state index in [2.05, 4.69) is 11.9 Å². The third kappa shape index (κ3) is 3.76. The summed E-state index contributed by atoms with van der Waals surface area (Å²) in [6.45, 7) is 8.13. The van der Waals surface area contributed by atoms with Crippen LogP contribution in [0.2, 0.25) is 0 Å². The van der Waals surface area contributed by atoms with E-state index in [0.29, 0.717) is 5.69 Å². The Balaban J connectivity index is 2.75. The number of nitrogen functional groups attached to an aromatic ring is 1. The van der Waals surface area contributed by atoms with E-state index in [1.54, 1.807) is 14.0 Å². The van der Waals surface area contributed by atoms with Gasteiger partial charge in [-0.05, 0) is 56.0 Å². The molecule has 0 radical (unpaired) electrons. The molecule has 0 atom stereocenters. The van der Waals surface area contributed by atoms with Crippen LogP contribution in [0.3, 0.4) is 0 Å². The first-order valence-corrected chi connectivity index (χ1v) is 8.55. The maximum absolute atomic E-state index is 12.3. The van der Waals surface area contributed by atoms with Gasteiger partial charge in [-0.1, -0.05) is 19.4 Å². The molecule has 0 aliphatic carbocycles. The van der Waals surface area contributed by atoms with E-state index in [-0.39, 0.29) is 12.3 Å². The van der Waals surface area contributed by atoms with Gasteiger partial charge in [0, 0.05) is 11.3 Å². The molecule has 1 aromatic heterocycles. The van der Waals surface area contributed by atoms with Gasteiger partial charge in [0.1, 0.15) is 5.75 Å². The van der Waals surface area contributed by atoms with Crippen LogP contribution in [0, 0.1) is 13.8 Å². The highest BCUT2D eigenvalue weighted by atomic mass is 16.5. The maximum atomic E-state index is 12.3. The summed E-state index contributed by atoms with van der Waals surface area (Å²) < 4.78 is 10.6. The van der Waals surface area contributed by atoms with Crippen molar-refractivity contribution in [3.8, 4) is 16.9 Å². The lowest BCUT2D eigenvalue weighted by Gasteiger charge is -2.18. The van der Waals surface area contributed by atoms with E-state index >= 15 is 0 Å². The Hall–Kier alpha value is -2.56. The molecule has 0 bridgehead atoms. The van der Waals surface area contributed by atoms with Crippen LogP contribution in [0.25, 0.3) is 11.1 Å². The van der Waals surface area contributed by atoms with Crippen molar-refractivity contribution < 1.29 is 14.3 Å². The largest absolute Gasteiger partial charge is 0.496 e. The number of anilines is 1. The minimum atomic E-state index is -0.489. The lowest BCUT2D eigenvalue weighted by molar-refractivity contribution is 0.0520. The Morgan fingerprint density at radius 1 is 1.24 bits per heavy atom. The highest BCUT2D eigenvalue weighted by Crippen LogP contribution is 2.37. The van der Waals surface area contributed by atoms with Crippen molar-refractivity contribution in [3.63, 3.8) is 0 Å². The lowest BCUT2D eigenvalue weighted by Crippen LogP contribution is -2.13. The quantitative estimate of drug-likeness (QED) is 0.801. The minimum Gasteiger partial charge on any atom is -0.496 e. The predicted octanol–water partition coefficient (Wildman–Crippen LogP) is 4.09. The third-order valence-corrected chi connectivity index (χ3v) is 4.20. The molecule has 25 heavy (non-hydrogen) atoms. The van der Waals surface area contributed by atoms with E-state index in [1.165, 1.54) is 0 Å². The second-order valence-corrected chi connectivity index (χ2v) is 5.98. The summed E-state index contributed by atoms with van der Waals surface area (Å²) in [7, 11) is 1.64. The third-order valence-electron chi connectivity index (χ3n) is 4.20. The number of carbonyl (C=O) groups is 1. The van der Waals surface area contributed by atoms with Crippen molar-refractivity contribution in [2.45, 2.75) is 40.5 Å². The van der Waals surface area contributed by atoms with Gasteiger partial charge in [-0.25, -0.2) is 9.78 Å². The highest BCUT2D eigenvalue weighted by molar-refractivity contribution is 5.98. The number of nitrogens with two attached hydrogens (primary N) is 1. The maximum Gasteiger partial charge on any atom is 0.359 e. The van der Waals surface area contributed by atoms with Gasteiger partial charge in [-0.15, -0.1) is 0 Å². The van der Waals surface area contributed by atoms with E-state index in [1.807, 2.05) is 32.0 Å². The van der Waals surface area contributed by atoms with Crippen molar-refractivity contribution >= 4 is 11.7 Å². The number of hydrogen-bond acceptors (Lipinski definition) is 5. The molecule has 0 aliphatic heterocycles. The molecular weight excluding hydrogens is 316 g/mol. The molecule has 0 saturated heterocycles. The van der Waals surface area contributed by atoms with E-state index in [0.717, 1.165) is 46.5 Å². The zero-order chi connectivity index (χ0) is 18.6. The van der Waals surface area contributed by atoms with Crippen LogP contribution < -0.4 is 10.5 Å². The average molecular weight is 342 g/mol. The first-order valence-electron chi connectivity index (χ1n) is 8.55. The Morgan fingerprint density at radius 2 is 1.96 bits per heavy atom. The van der Waals surface area contributed by atoms with Crippen LogP contribution in [0.15, 0.2) is 18.2 Å². The molecule has 2 rings (SSSR count). The molecule has 2 aromatic rings. The van der Waals surface area contributed by atoms with E-state index in [4.69, 9.17) is 15.2 Å². The molecule has 2 N–H and O–H groups in total. The number of pyridine rings is 1. The Kier molecular flexibility index (Phi) is 6.02. The molecular formula is C20H26N2O3. The lowest BCUT2D eigenvalue weighted by atomic mass is 9.92. The smallest absolute Gasteiger partial charge is 0.359 e. The summed E-state index contributed by atoms with van der Waals surface area (Å²) in [5.74, 6) is 0.295. The summed E-state index contributed by atoms with van der Waals surface area (Å²) >= 11 is 0. The number of methoxy groups -OCH3 is 1. The molecule has 5 heteroatoms. The van der Waals surface area contributed by atoms with Crippen LogP contribution in [0.5, 0.6) is 5.75 Å². The fourth-order valence-electron chi connectivity index (χ4n) is 3.02. The minimum absolute atomic E-state index is 0.185. The van der Waals surface area contributed by atoms with Crippen LogP contribution in [0.1, 0.15) is 47.6 Å². The summed E-state index contributed by atoms with van der Waals surface area (Å²) in [5.41, 5.74) is 11.5. The average Bonchev–Trinajstić information content (AvgIpc) is 2.58. The number of aryl methyl sites for hydroxylation is 2. The normalized spacial score (nSPS) is 10.6. The number of esters is 1. The molecule has 134 valence electrons. The predicted molar refractivity (Wildman–Crippen MR) is 100 cm³/mol. The van der Waals surface area contributed by atoms with Gasteiger partial charge in [0.05, 0.1) is 19.4 Å². The van der Waals surface area contributed by atoms with Gasteiger partial charge in [-0.2, -0.15) is 0 Å². The Labute approximate surface area is 149 Å². The number of ether oxygens (including phenoxy) is 2. The zero-order valence-corrected chi connectivity index (χ0v) is 15.6. The van der Waals surface area contributed by atoms with Crippen LogP contribution in [-0.2, 0) is 11.2 Å². The number of nitrogens with zero attached hydrogens (tertiary/aromatic N) is 1. The summed E-state index contributed by atoms with van der Waals surface area (Å²) in [6.07, 6.45) is 1.69. The summed E-state index contributed by atoms with van der Waals surface area (Å²) in [6, 6.07) is 5.89. The number of carbonyl (C=O) groups excluding carboxylic acids is 1. The van der Waals surface area contributed by atoms with Crippen molar-refractivity contribution in [3.05, 3.63) is 40.7 Å². The van der Waals surface area contributed by atoms with Gasteiger partial charge in [0.2, 0.25) is 0 Å². The highest BCUT2D eigenvalue weighted by Gasteiger charge is 2.21. The summed E-state index contributed by atoms with van der Waals surface area (Å²) in [4.78, 5) is 16.7. The molecule has 0 amide bonds. The van der Waals surface area contributed by atoms with Crippen LogP contribution in [0.4, 0.5) is 5.69 Å². The SMILES string of the molecule is CCCc1cc(-c2c(C)ccc(OC)c2C)c(N)c(C(=O)OCC)n1. The van der Waals surface area contributed by atoms with Gasteiger partial charge < -0.3 is 15.2 Å². The van der Waals surface area contributed by atoms with Gasteiger partial charge in [-0.3, -0.25) is 0 Å². The molecule has 0 saturated carbocycles. The first-order chi connectivity index (χ1) is 11.9. The first kappa shape index (κ1) is 18.8. The van der Waals surface area contributed by atoms with Gasteiger partial charge in [0.15, 0.2) is 5.69 Å². The Bertz CT molecular complexity index is 785. The van der Waals surface area contributed by atoms with Crippen LogP contribution in [-0.4, -0.2) is 24.7 Å². The van der Waals surface area contributed by atoms with Crippen molar-refractivity contribution in [1.29, 1.82) is 0 Å². The van der Waals surface area contributed by atoms with Crippen molar-refractivity contribution in [2.24, 2.45) is 0 Å². The molecule has 0 fully saturated rings. The van der Waals surface area contributed by atoms with Crippen LogP contribution >= 0.6 is 0 Å². The summed E-state index contributed by atoms with van der Waals surface area (Å²) in [5, 5.41) is 0. The second-order valence-electron chi connectivity index (χ2n) is 5.98. The molecule has 1 heterocycles. The van der Waals surface area contributed by atoms with Gasteiger partial charge >= 0.3 is 5.97 Å².